The standard InChI is InChI=1S/C8H12N4O2.C6H5ClN2O2.C2H8N2.CH2O3.2K.H/c1-11(2)10-6-3-4-8(12(13)14)7(9)5-6;7-4-1-2-6(9(10)11)5(8)3-4;1-4(2)3;2-1-4-3;;;/h3-5,10H,9H2,1-2H3;1-3H,8H2;3H2,1-2H3;1,3H;;;/q;;;;2*+1;-1/p-1. The van der Waals surface area contributed by atoms with E-state index in [0.29, 0.717) is 5.02 Å². The van der Waals surface area contributed by atoms with Crippen LogP contribution in [0.25, 0.3) is 0 Å². The van der Waals surface area contributed by atoms with Crippen molar-refractivity contribution in [3.8, 4) is 0 Å². The van der Waals surface area contributed by atoms with Crippen LogP contribution in [0.2, 0.25) is 5.02 Å². The van der Waals surface area contributed by atoms with Gasteiger partial charge < -0.3 is 28.5 Å². The first kappa shape index (κ1) is 41.6. The Hall–Kier alpha value is -0.487. The molecule has 0 atom stereocenters. The maximum absolute atomic E-state index is 10.4. The van der Waals surface area contributed by atoms with Crippen molar-refractivity contribution >= 4 is 46.5 Å². The van der Waals surface area contributed by atoms with E-state index in [4.69, 9.17) is 39.0 Å². The average molecular weight is 569 g/mol. The van der Waals surface area contributed by atoms with Gasteiger partial charge in [0.05, 0.1) is 15.5 Å². The van der Waals surface area contributed by atoms with Gasteiger partial charge in [-0.25, -0.2) is 5.01 Å². The van der Waals surface area contributed by atoms with Gasteiger partial charge in [-0.15, -0.1) is 0 Å². The molecule has 0 heterocycles. The van der Waals surface area contributed by atoms with Crippen LogP contribution in [0.15, 0.2) is 36.4 Å². The zero-order valence-electron chi connectivity index (χ0n) is 21.3. The number of hydrazine groups is 2. The predicted molar refractivity (Wildman–Crippen MR) is 123 cm³/mol. The second kappa shape index (κ2) is 23.9. The van der Waals surface area contributed by atoms with Gasteiger partial charge in [0.2, 0.25) is 0 Å². The van der Waals surface area contributed by atoms with E-state index in [1.54, 1.807) is 25.2 Å². The Morgan fingerprint density at radius 2 is 1.34 bits per heavy atom. The summed E-state index contributed by atoms with van der Waals surface area (Å²) >= 11 is 5.52. The summed E-state index contributed by atoms with van der Waals surface area (Å²) in [5.74, 6) is 4.94. The molecule has 0 saturated carbocycles. The van der Waals surface area contributed by atoms with E-state index in [1.807, 2.05) is 14.1 Å². The summed E-state index contributed by atoms with van der Waals surface area (Å²) < 4.78 is 0. The Balaban J connectivity index is -0.000000131. The summed E-state index contributed by atoms with van der Waals surface area (Å²) in [6.07, 6.45) is 0. The molecule has 2 aromatic carbocycles. The summed E-state index contributed by atoms with van der Waals surface area (Å²) in [5, 5.41) is 32.7. The van der Waals surface area contributed by atoms with Crippen molar-refractivity contribution in [3.05, 3.63) is 61.6 Å². The normalized spacial score (nSPS) is 8.71. The number of rotatable bonds is 5. The number of hydrogen-bond donors (Lipinski definition) is 4. The van der Waals surface area contributed by atoms with Gasteiger partial charge in [-0.05, 0) is 24.3 Å². The number of hydrogen-bond acceptors (Lipinski definition) is 13. The molecule has 0 bridgehead atoms. The predicted octanol–water partition coefficient (Wildman–Crippen LogP) is -5.13. The first-order chi connectivity index (χ1) is 15.3. The molecule has 0 radical (unpaired) electrons. The van der Waals surface area contributed by atoms with E-state index in [9.17, 15) is 20.2 Å². The van der Waals surface area contributed by atoms with E-state index in [0.717, 1.165) is 5.69 Å². The van der Waals surface area contributed by atoms with Crippen LogP contribution in [-0.4, -0.2) is 54.5 Å². The van der Waals surface area contributed by atoms with E-state index < -0.39 is 9.85 Å². The van der Waals surface area contributed by atoms with E-state index in [2.05, 4.69) is 10.3 Å². The summed E-state index contributed by atoms with van der Waals surface area (Å²) in [4.78, 5) is 30.9. The van der Waals surface area contributed by atoms with Crippen LogP contribution in [0.5, 0.6) is 0 Å². The smallest absolute Gasteiger partial charge is 1.00 e. The summed E-state index contributed by atoms with van der Waals surface area (Å²) in [5.41, 5.74) is 14.5. The monoisotopic (exact) mass is 568 g/mol. The molecule has 35 heavy (non-hydrogen) atoms. The van der Waals surface area contributed by atoms with Gasteiger partial charge in [0.1, 0.15) is 11.4 Å². The molecule has 0 aliphatic rings. The van der Waals surface area contributed by atoms with E-state index in [-0.39, 0.29) is 133 Å². The van der Waals surface area contributed by atoms with Gasteiger partial charge in [-0.2, -0.15) is 0 Å². The van der Waals surface area contributed by atoms with Crippen LogP contribution in [-0.2, 0) is 9.68 Å². The third-order valence-corrected chi connectivity index (χ3v) is 3.04. The zero-order valence-corrected chi connectivity index (χ0v) is 27.3. The Kier molecular flexibility index (Phi) is 28.4. The minimum Gasteiger partial charge on any atom is -1.00 e. The fraction of sp³-hybridized carbons (Fsp3) is 0.235. The molecule has 7 N–H and O–H groups in total. The van der Waals surface area contributed by atoms with Gasteiger partial charge in [0.25, 0.3) is 17.8 Å². The Labute approximate surface area is 293 Å². The third-order valence-electron chi connectivity index (χ3n) is 2.80. The molecule has 0 aliphatic carbocycles. The minimum absolute atomic E-state index is 0. The summed E-state index contributed by atoms with van der Waals surface area (Å²) in [6.45, 7) is -0.181. The van der Waals surface area contributed by atoms with Crippen molar-refractivity contribution in [3.63, 3.8) is 0 Å². The number of halogens is 1. The van der Waals surface area contributed by atoms with Crippen molar-refractivity contribution in [2.45, 2.75) is 0 Å². The molecule has 0 amide bonds. The maximum atomic E-state index is 10.4. The molecule has 18 heteroatoms. The van der Waals surface area contributed by atoms with Crippen LogP contribution < -0.4 is 131 Å². The second-order valence-electron chi connectivity index (χ2n) is 6.15. The summed E-state index contributed by atoms with van der Waals surface area (Å²) in [6, 6.07) is 8.56. The maximum Gasteiger partial charge on any atom is 1.00 e. The number of carbonyl (C=O) groups excluding carboxylic acids is 1. The molecule has 0 aliphatic heterocycles. The number of benzene rings is 2. The minimum atomic E-state index is -0.550. The number of nitrogens with zero attached hydrogens (tertiary/aromatic N) is 4. The molecular weight excluding hydrogens is 542 g/mol. The quantitative estimate of drug-likeness (QED) is 0.0503. The molecule has 0 spiro atoms. The third kappa shape index (κ3) is 22.4. The Morgan fingerprint density at radius 3 is 1.63 bits per heavy atom. The molecule has 2 rings (SSSR count). The number of nitro benzene ring substituents is 2. The van der Waals surface area contributed by atoms with E-state index >= 15 is 0 Å². The number of carbonyl (C=O) groups is 1. The molecular formula is C17H27ClK2N8O7. The topological polar surface area (TPSA) is 232 Å². The van der Waals surface area contributed by atoms with Crippen LogP contribution in [0.4, 0.5) is 28.4 Å². The number of anilines is 3. The molecule has 0 aromatic heterocycles. The first-order valence-electron chi connectivity index (χ1n) is 8.58. The number of nitro groups is 2. The van der Waals surface area contributed by atoms with Gasteiger partial charge >= 0.3 is 103 Å². The fourth-order valence-corrected chi connectivity index (χ4v) is 1.92. The number of nitrogens with one attached hydrogen (secondary N) is 1. The van der Waals surface area contributed by atoms with Gasteiger partial charge in [-0.3, -0.25) is 35.9 Å². The molecule has 186 valence electrons. The number of nitrogens with two attached hydrogens (primary N) is 3. The van der Waals surface area contributed by atoms with Crippen LogP contribution in [0.3, 0.4) is 0 Å². The first-order valence-corrected chi connectivity index (χ1v) is 8.96. The average Bonchev–Trinajstić information content (AvgIpc) is 2.67. The Bertz CT molecular complexity index is 915. The van der Waals surface area contributed by atoms with Crippen LogP contribution in [0, 0.1) is 20.2 Å². The largest absolute Gasteiger partial charge is 1.00 e. The second-order valence-corrected chi connectivity index (χ2v) is 6.59. The zero-order chi connectivity index (χ0) is 26.1. The van der Waals surface area contributed by atoms with Gasteiger partial charge in [-0.1, -0.05) is 11.6 Å². The van der Waals surface area contributed by atoms with Crippen LogP contribution in [0.1, 0.15) is 1.43 Å². The molecule has 0 fully saturated rings. The van der Waals surface area contributed by atoms with Gasteiger partial charge in [0.15, 0.2) is 0 Å². The van der Waals surface area contributed by atoms with Crippen LogP contribution >= 0.6 is 11.6 Å². The Morgan fingerprint density at radius 1 is 0.971 bits per heavy atom. The van der Waals surface area contributed by atoms with E-state index in [1.165, 1.54) is 35.3 Å². The molecule has 15 nitrogen and oxygen atoms in total. The van der Waals surface area contributed by atoms with Gasteiger partial charge in [0, 0.05) is 45.3 Å². The van der Waals surface area contributed by atoms with Crippen molar-refractivity contribution < 1.29 is 129 Å². The molecule has 0 unspecified atom stereocenters. The van der Waals surface area contributed by atoms with Crippen molar-refractivity contribution in [1.82, 2.24) is 10.0 Å². The fourth-order valence-electron chi connectivity index (χ4n) is 1.74. The summed E-state index contributed by atoms with van der Waals surface area (Å²) in [7, 11) is 7.19. The van der Waals surface area contributed by atoms with Crippen molar-refractivity contribution in [1.29, 1.82) is 0 Å². The molecule has 2 aromatic rings. The van der Waals surface area contributed by atoms with Crippen molar-refractivity contribution in [2.75, 3.05) is 45.1 Å². The molecule has 0 saturated heterocycles. The van der Waals surface area contributed by atoms with Crippen molar-refractivity contribution in [2.24, 2.45) is 5.84 Å². The number of nitrogen functional groups attached to an aromatic ring is 2. The SMILES string of the molecule is CN(C)N.CN(C)Nc1ccc([N+](=O)[O-])c(N)c1.Nc1cc(Cl)ccc1[N+](=O)[O-].O=CO[O-].[H-].[K+].[K+].